The standard InChI is InChI=1S/C12H17NO2/c1-9(2)8-15-11-7-5-4-6-10(11)12(14)13-3/h4-7,9H,8H2,1-3H3,(H,13,14). The Bertz CT molecular complexity index is 334. The van der Waals surface area contributed by atoms with Crippen LogP contribution < -0.4 is 10.1 Å². The lowest BCUT2D eigenvalue weighted by Gasteiger charge is -2.11. The van der Waals surface area contributed by atoms with Gasteiger partial charge in [0.1, 0.15) is 5.75 Å². The Balaban J connectivity index is 2.81. The van der Waals surface area contributed by atoms with Gasteiger partial charge >= 0.3 is 0 Å². The summed E-state index contributed by atoms with van der Waals surface area (Å²) < 4.78 is 5.56. The molecule has 0 fully saturated rings. The Hall–Kier alpha value is -1.51. The highest BCUT2D eigenvalue weighted by atomic mass is 16.5. The van der Waals surface area contributed by atoms with E-state index in [9.17, 15) is 4.79 Å². The first kappa shape index (κ1) is 11.6. The highest BCUT2D eigenvalue weighted by Gasteiger charge is 2.10. The van der Waals surface area contributed by atoms with Crippen molar-refractivity contribution >= 4 is 5.91 Å². The average Bonchev–Trinajstić information content (AvgIpc) is 2.25. The summed E-state index contributed by atoms with van der Waals surface area (Å²) in [6.45, 7) is 4.76. The van der Waals surface area contributed by atoms with Crippen molar-refractivity contribution in [1.82, 2.24) is 5.32 Å². The quantitative estimate of drug-likeness (QED) is 0.821. The van der Waals surface area contributed by atoms with Gasteiger partial charge in [0.15, 0.2) is 0 Å². The maximum Gasteiger partial charge on any atom is 0.254 e. The second kappa shape index (κ2) is 5.39. The van der Waals surface area contributed by atoms with Gasteiger partial charge in [-0.1, -0.05) is 26.0 Å². The average molecular weight is 207 g/mol. The lowest BCUT2D eigenvalue weighted by Crippen LogP contribution is -2.19. The molecule has 0 bridgehead atoms. The molecule has 3 heteroatoms. The van der Waals surface area contributed by atoms with Crippen molar-refractivity contribution in [2.45, 2.75) is 13.8 Å². The molecule has 0 heterocycles. The van der Waals surface area contributed by atoms with Gasteiger partial charge in [-0.25, -0.2) is 0 Å². The summed E-state index contributed by atoms with van der Waals surface area (Å²) in [5, 5.41) is 2.59. The van der Waals surface area contributed by atoms with Crippen LogP contribution in [-0.4, -0.2) is 19.6 Å². The van der Waals surface area contributed by atoms with Crippen molar-refractivity contribution in [2.75, 3.05) is 13.7 Å². The van der Waals surface area contributed by atoms with Gasteiger partial charge in [-0.2, -0.15) is 0 Å². The van der Waals surface area contributed by atoms with E-state index in [2.05, 4.69) is 19.2 Å². The van der Waals surface area contributed by atoms with Gasteiger partial charge in [-0.05, 0) is 18.1 Å². The van der Waals surface area contributed by atoms with Crippen molar-refractivity contribution in [1.29, 1.82) is 0 Å². The highest BCUT2D eigenvalue weighted by molar-refractivity contribution is 5.96. The van der Waals surface area contributed by atoms with Crippen LogP contribution in [0.5, 0.6) is 5.75 Å². The van der Waals surface area contributed by atoms with Gasteiger partial charge in [0.05, 0.1) is 12.2 Å². The Morgan fingerprint density at radius 2 is 2.07 bits per heavy atom. The molecule has 82 valence electrons. The Morgan fingerprint density at radius 3 is 2.67 bits per heavy atom. The summed E-state index contributed by atoms with van der Waals surface area (Å²) in [4.78, 5) is 11.5. The Morgan fingerprint density at radius 1 is 1.40 bits per heavy atom. The molecular formula is C12H17NO2. The fourth-order valence-corrected chi connectivity index (χ4v) is 1.17. The molecule has 0 saturated carbocycles. The van der Waals surface area contributed by atoms with E-state index in [0.29, 0.717) is 23.8 Å². The smallest absolute Gasteiger partial charge is 0.254 e. The summed E-state index contributed by atoms with van der Waals surface area (Å²) in [6, 6.07) is 7.26. The first-order chi connectivity index (χ1) is 7.15. The van der Waals surface area contributed by atoms with E-state index in [1.165, 1.54) is 0 Å². The number of hydrogen-bond donors (Lipinski definition) is 1. The first-order valence-corrected chi connectivity index (χ1v) is 5.09. The number of hydrogen-bond acceptors (Lipinski definition) is 2. The molecule has 0 saturated heterocycles. The molecule has 0 aromatic heterocycles. The molecular weight excluding hydrogens is 190 g/mol. The zero-order valence-corrected chi connectivity index (χ0v) is 9.41. The van der Waals surface area contributed by atoms with Gasteiger partial charge in [0.25, 0.3) is 5.91 Å². The van der Waals surface area contributed by atoms with Crippen molar-refractivity contribution in [2.24, 2.45) is 5.92 Å². The van der Waals surface area contributed by atoms with Crippen LogP contribution in [0.4, 0.5) is 0 Å². The number of rotatable bonds is 4. The molecule has 0 unspecified atom stereocenters. The van der Waals surface area contributed by atoms with Crippen molar-refractivity contribution in [3.63, 3.8) is 0 Å². The molecule has 1 rings (SSSR count). The predicted molar refractivity (Wildman–Crippen MR) is 60.2 cm³/mol. The fraction of sp³-hybridized carbons (Fsp3) is 0.417. The number of amides is 1. The predicted octanol–water partition coefficient (Wildman–Crippen LogP) is 2.08. The molecule has 0 aliphatic heterocycles. The number of nitrogens with one attached hydrogen (secondary N) is 1. The van der Waals surface area contributed by atoms with Gasteiger partial charge in [-0.3, -0.25) is 4.79 Å². The lowest BCUT2D eigenvalue weighted by molar-refractivity contribution is 0.0958. The molecule has 1 aromatic carbocycles. The van der Waals surface area contributed by atoms with Crippen molar-refractivity contribution < 1.29 is 9.53 Å². The van der Waals surface area contributed by atoms with Gasteiger partial charge < -0.3 is 10.1 Å². The minimum Gasteiger partial charge on any atom is -0.492 e. The Kier molecular flexibility index (Phi) is 4.16. The zero-order valence-electron chi connectivity index (χ0n) is 9.41. The van der Waals surface area contributed by atoms with Crippen LogP contribution in [0.15, 0.2) is 24.3 Å². The fourth-order valence-electron chi connectivity index (χ4n) is 1.17. The van der Waals surface area contributed by atoms with E-state index < -0.39 is 0 Å². The minimum absolute atomic E-state index is 0.116. The summed E-state index contributed by atoms with van der Waals surface area (Å²) in [5.41, 5.74) is 0.584. The number of para-hydroxylation sites is 1. The van der Waals surface area contributed by atoms with E-state index in [4.69, 9.17) is 4.74 Å². The molecule has 0 aliphatic rings. The third-order valence-corrected chi connectivity index (χ3v) is 1.93. The van der Waals surface area contributed by atoms with E-state index in [1.54, 1.807) is 13.1 Å². The van der Waals surface area contributed by atoms with Crippen LogP contribution in [0.1, 0.15) is 24.2 Å². The SMILES string of the molecule is CNC(=O)c1ccccc1OCC(C)C. The van der Waals surface area contributed by atoms with Crippen LogP contribution in [0, 0.1) is 5.92 Å². The van der Waals surface area contributed by atoms with Crippen molar-refractivity contribution in [3.05, 3.63) is 29.8 Å². The van der Waals surface area contributed by atoms with Crippen LogP contribution in [-0.2, 0) is 0 Å². The van der Waals surface area contributed by atoms with Gasteiger partial charge in [0.2, 0.25) is 0 Å². The second-order valence-electron chi connectivity index (χ2n) is 3.78. The summed E-state index contributed by atoms with van der Waals surface area (Å²) in [6.07, 6.45) is 0. The molecule has 3 nitrogen and oxygen atoms in total. The van der Waals surface area contributed by atoms with Gasteiger partial charge in [0, 0.05) is 7.05 Å². The zero-order chi connectivity index (χ0) is 11.3. The van der Waals surface area contributed by atoms with E-state index in [0.717, 1.165) is 0 Å². The molecule has 1 N–H and O–H groups in total. The number of carbonyl (C=O) groups is 1. The van der Waals surface area contributed by atoms with Crippen molar-refractivity contribution in [3.8, 4) is 5.75 Å². The number of benzene rings is 1. The molecule has 1 amide bonds. The lowest BCUT2D eigenvalue weighted by atomic mass is 10.2. The maximum absolute atomic E-state index is 11.5. The maximum atomic E-state index is 11.5. The molecule has 0 atom stereocenters. The molecule has 1 aromatic rings. The monoisotopic (exact) mass is 207 g/mol. The van der Waals surface area contributed by atoms with E-state index in [-0.39, 0.29) is 5.91 Å². The third-order valence-electron chi connectivity index (χ3n) is 1.93. The summed E-state index contributed by atoms with van der Waals surface area (Å²) in [7, 11) is 1.61. The first-order valence-electron chi connectivity index (χ1n) is 5.09. The second-order valence-corrected chi connectivity index (χ2v) is 3.78. The topological polar surface area (TPSA) is 38.3 Å². The minimum atomic E-state index is -0.116. The summed E-state index contributed by atoms with van der Waals surface area (Å²) in [5.74, 6) is 0.975. The highest BCUT2D eigenvalue weighted by Crippen LogP contribution is 2.18. The normalized spacial score (nSPS) is 10.1. The van der Waals surface area contributed by atoms with E-state index >= 15 is 0 Å². The van der Waals surface area contributed by atoms with Gasteiger partial charge in [-0.15, -0.1) is 0 Å². The molecule has 0 spiro atoms. The molecule has 15 heavy (non-hydrogen) atoms. The largest absolute Gasteiger partial charge is 0.492 e. The number of ether oxygens (including phenoxy) is 1. The van der Waals surface area contributed by atoms with Crippen LogP contribution >= 0.6 is 0 Å². The third kappa shape index (κ3) is 3.27. The van der Waals surface area contributed by atoms with Crippen LogP contribution in [0.25, 0.3) is 0 Å². The molecule has 0 aliphatic carbocycles. The Labute approximate surface area is 90.4 Å². The van der Waals surface area contributed by atoms with Crippen LogP contribution in [0.3, 0.4) is 0 Å². The number of carbonyl (C=O) groups excluding carboxylic acids is 1. The molecule has 0 radical (unpaired) electrons. The van der Waals surface area contributed by atoms with Crippen LogP contribution in [0.2, 0.25) is 0 Å². The van der Waals surface area contributed by atoms with E-state index in [1.807, 2.05) is 18.2 Å². The summed E-state index contributed by atoms with van der Waals surface area (Å²) >= 11 is 0.